The van der Waals surface area contributed by atoms with E-state index in [0.29, 0.717) is 5.69 Å². The molecule has 5 rings (SSSR count). The molecule has 3 aromatic rings. The highest BCUT2D eigenvalue weighted by atomic mass is 32.1. The predicted octanol–water partition coefficient (Wildman–Crippen LogP) is 2.24. The van der Waals surface area contributed by atoms with E-state index in [2.05, 4.69) is 39.2 Å². The second kappa shape index (κ2) is 7.76. The Balaban J connectivity index is 1.18. The first kappa shape index (κ1) is 18.6. The second-order valence-corrected chi connectivity index (χ2v) is 8.71. The molecule has 29 heavy (non-hydrogen) atoms. The van der Waals surface area contributed by atoms with Gasteiger partial charge in [-0.3, -0.25) is 14.4 Å². The first-order chi connectivity index (χ1) is 14.2. The molecule has 0 spiro atoms. The standard InChI is InChI=1S/C21H26N6OS/c1-24-15-16-5-4-8-27(21(28)19(16)22-24)14-11-25-9-12-26(13-10-25)20-17-6-2-3-7-18(17)29-23-20/h2-3,6-7,15H,4-5,8-14H2,1H3. The number of benzene rings is 1. The summed E-state index contributed by atoms with van der Waals surface area (Å²) in [5.74, 6) is 1.21. The highest BCUT2D eigenvalue weighted by Crippen LogP contribution is 2.29. The van der Waals surface area contributed by atoms with Crippen LogP contribution < -0.4 is 4.90 Å². The molecular formula is C21H26N6OS. The van der Waals surface area contributed by atoms with Crippen LogP contribution in [0.4, 0.5) is 5.82 Å². The van der Waals surface area contributed by atoms with Crippen molar-refractivity contribution < 1.29 is 4.79 Å². The lowest BCUT2D eigenvalue weighted by molar-refractivity contribution is 0.0732. The van der Waals surface area contributed by atoms with Crippen LogP contribution in [0, 0.1) is 0 Å². The van der Waals surface area contributed by atoms with E-state index in [0.717, 1.165) is 70.0 Å². The van der Waals surface area contributed by atoms with Gasteiger partial charge in [-0.1, -0.05) is 12.1 Å². The van der Waals surface area contributed by atoms with Crippen molar-refractivity contribution in [2.75, 3.05) is 50.7 Å². The van der Waals surface area contributed by atoms with Gasteiger partial charge in [-0.25, -0.2) is 0 Å². The molecule has 7 nitrogen and oxygen atoms in total. The van der Waals surface area contributed by atoms with Crippen LogP contribution in [0.1, 0.15) is 22.5 Å². The van der Waals surface area contributed by atoms with Gasteiger partial charge >= 0.3 is 0 Å². The summed E-state index contributed by atoms with van der Waals surface area (Å²) in [7, 11) is 1.89. The van der Waals surface area contributed by atoms with Gasteiger partial charge in [0.2, 0.25) is 0 Å². The molecule has 0 atom stereocenters. The van der Waals surface area contributed by atoms with Crippen molar-refractivity contribution in [3.05, 3.63) is 41.7 Å². The summed E-state index contributed by atoms with van der Waals surface area (Å²) in [5.41, 5.74) is 1.73. The van der Waals surface area contributed by atoms with Crippen LogP contribution in [0.15, 0.2) is 30.5 Å². The number of piperazine rings is 1. The number of nitrogens with zero attached hydrogens (tertiary/aromatic N) is 6. The molecule has 1 saturated heterocycles. The van der Waals surface area contributed by atoms with E-state index in [4.69, 9.17) is 4.37 Å². The largest absolute Gasteiger partial charge is 0.353 e. The Morgan fingerprint density at radius 2 is 1.90 bits per heavy atom. The number of rotatable bonds is 4. The minimum absolute atomic E-state index is 0.0886. The summed E-state index contributed by atoms with van der Waals surface area (Å²) in [6.45, 7) is 6.47. The summed E-state index contributed by atoms with van der Waals surface area (Å²) in [6, 6.07) is 8.46. The molecule has 8 heteroatoms. The van der Waals surface area contributed by atoms with Crippen LogP contribution in [0.5, 0.6) is 0 Å². The van der Waals surface area contributed by atoms with Crippen molar-refractivity contribution in [3.63, 3.8) is 0 Å². The zero-order chi connectivity index (χ0) is 19.8. The number of aromatic nitrogens is 3. The predicted molar refractivity (Wildman–Crippen MR) is 116 cm³/mol. The van der Waals surface area contributed by atoms with Crippen LogP contribution in [0.25, 0.3) is 10.1 Å². The van der Waals surface area contributed by atoms with E-state index in [1.807, 2.05) is 18.1 Å². The van der Waals surface area contributed by atoms with E-state index in [-0.39, 0.29) is 5.91 Å². The van der Waals surface area contributed by atoms with E-state index in [1.165, 1.54) is 10.1 Å². The molecule has 2 aliphatic heterocycles. The van der Waals surface area contributed by atoms with Gasteiger partial charge in [0.15, 0.2) is 5.69 Å². The van der Waals surface area contributed by atoms with Gasteiger partial charge < -0.3 is 9.80 Å². The average Bonchev–Trinajstić information content (AvgIpc) is 3.30. The van der Waals surface area contributed by atoms with E-state index < -0.39 is 0 Å². The van der Waals surface area contributed by atoms with Crippen LogP contribution >= 0.6 is 11.5 Å². The second-order valence-electron chi connectivity index (χ2n) is 7.90. The van der Waals surface area contributed by atoms with Gasteiger partial charge in [0.25, 0.3) is 5.91 Å². The number of fused-ring (bicyclic) bond motifs is 2. The molecular weight excluding hydrogens is 384 g/mol. The molecule has 1 fully saturated rings. The molecule has 4 heterocycles. The van der Waals surface area contributed by atoms with Gasteiger partial charge in [-0.15, -0.1) is 0 Å². The van der Waals surface area contributed by atoms with Gasteiger partial charge in [-0.2, -0.15) is 9.47 Å². The maximum atomic E-state index is 12.9. The summed E-state index contributed by atoms with van der Waals surface area (Å²) < 4.78 is 7.70. The number of carbonyl (C=O) groups is 1. The third-order valence-corrected chi connectivity index (χ3v) is 6.80. The molecule has 0 N–H and O–H groups in total. The van der Waals surface area contributed by atoms with E-state index in [1.54, 1.807) is 16.2 Å². The van der Waals surface area contributed by atoms with E-state index >= 15 is 0 Å². The number of amides is 1. The Morgan fingerprint density at radius 3 is 2.76 bits per heavy atom. The van der Waals surface area contributed by atoms with Gasteiger partial charge in [0, 0.05) is 70.0 Å². The summed E-state index contributed by atoms with van der Waals surface area (Å²) in [4.78, 5) is 19.7. The smallest absolute Gasteiger partial charge is 0.274 e. The molecule has 152 valence electrons. The SMILES string of the molecule is Cn1cc2c(n1)C(=O)N(CCN1CCN(c3nsc4ccccc34)CC1)CCC2. The summed E-state index contributed by atoms with van der Waals surface area (Å²) >= 11 is 1.58. The molecule has 0 unspecified atom stereocenters. The lowest BCUT2D eigenvalue weighted by Crippen LogP contribution is -2.49. The van der Waals surface area contributed by atoms with E-state index in [9.17, 15) is 4.79 Å². The third kappa shape index (κ3) is 3.62. The number of aryl methyl sites for hydroxylation is 2. The molecule has 0 bridgehead atoms. The van der Waals surface area contributed by atoms with Crippen LogP contribution in [-0.4, -0.2) is 75.7 Å². The highest BCUT2D eigenvalue weighted by molar-refractivity contribution is 7.13. The van der Waals surface area contributed by atoms with Gasteiger partial charge in [0.05, 0.1) is 4.70 Å². The molecule has 0 saturated carbocycles. The fraction of sp³-hybridized carbons (Fsp3) is 0.476. The maximum absolute atomic E-state index is 12.9. The van der Waals surface area contributed by atoms with Crippen molar-refractivity contribution in [2.45, 2.75) is 12.8 Å². The fourth-order valence-corrected chi connectivity index (χ4v) is 5.17. The fourth-order valence-electron chi connectivity index (χ4n) is 4.37. The minimum Gasteiger partial charge on any atom is -0.353 e. The zero-order valence-electron chi connectivity index (χ0n) is 16.8. The number of hydrogen-bond acceptors (Lipinski definition) is 6. The lowest BCUT2D eigenvalue weighted by Gasteiger charge is -2.36. The maximum Gasteiger partial charge on any atom is 0.274 e. The van der Waals surface area contributed by atoms with Gasteiger partial charge in [-0.05, 0) is 36.5 Å². The average molecular weight is 411 g/mol. The number of carbonyl (C=O) groups excluding carboxylic acids is 1. The molecule has 1 aromatic carbocycles. The Kier molecular flexibility index (Phi) is 4.97. The Morgan fingerprint density at radius 1 is 1.07 bits per heavy atom. The molecule has 2 aromatic heterocycles. The normalized spacial score (nSPS) is 18.3. The Bertz CT molecular complexity index is 1020. The van der Waals surface area contributed by atoms with Crippen molar-refractivity contribution in [1.82, 2.24) is 24.0 Å². The topological polar surface area (TPSA) is 57.5 Å². The number of hydrogen-bond donors (Lipinski definition) is 0. The molecule has 2 aliphatic rings. The first-order valence-corrected chi connectivity index (χ1v) is 11.1. The summed E-state index contributed by atoms with van der Waals surface area (Å²) in [6.07, 6.45) is 3.93. The van der Waals surface area contributed by atoms with Crippen molar-refractivity contribution in [2.24, 2.45) is 7.05 Å². The highest BCUT2D eigenvalue weighted by Gasteiger charge is 2.26. The lowest BCUT2D eigenvalue weighted by atomic mass is 10.1. The van der Waals surface area contributed by atoms with Crippen molar-refractivity contribution >= 4 is 33.3 Å². The minimum atomic E-state index is 0.0886. The first-order valence-electron chi connectivity index (χ1n) is 10.3. The molecule has 0 radical (unpaired) electrons. The Labute approximate surface area is 174 Å². The van der Waals surface area contributed by atoms with Crippen molar-refractivity contribution in [3.8, 4) is 0 Å². The van der Waals surface area contributed by atoms with Crippen LogP contribution in [0.2, 0.25) is 0 Å². The number of anilines is 1. The molecule has 0 aliphatic carbocycles. The Hall–Kier alpha value is -2.45. The van der Waals surface area contributed by atoms with Crippen molar-refractivity contribution in [1.29, 1.82) is 0 Å². The molecule has 1 amide bonds. The van der Waals surface area contributed by atoms with Crippen LogP contribution in [-0.2, 0) is 13.5 Å². The zero-order valence-corrected chi connectivity index (χ0v) is 17.6. The quantitative estimate of drug-likeness (QED) is 0.660. The van der Waals surface area contributed by atoms with Gasteiger partial charge in [0.1, 0.15) is 5.82 Å². The third-order valence-electron chi connectivity index (χ3n) is 5.98. The monoisotopic (exact) mass is 410 g/mol. The summed E-state index contributed by atoms with van der Waals surface area (Å²) in [5, 5.41) is 5.66. The van der Waals surface area contributed by atoms with Crippen LogP contribution in [0.3, 0.4) is 0 Å².